The van der Waals surface area contributed by atoms with Gasteiger partial charge >= 0.3 is 0 Å². The van der Waals surface area contributed by atoms with Crippen LogP contribution in [0.5, 0.6) is 5.75 Å². The molecule has 1 heterocycles. The van der Waals surface area contributed by atoms with Crippen molar-refractivity contribution in [3.05, 3.63) is 46.2 Å². The van der Waals surface area contributed by atoms with Crippen molar-refractivity contribution in [1.82, 2.24) is 20.4 Å². The van der Waals surface area contributed by atoms with Crippen LogP contribution in [0.1, 0.15) is 17.0 Å². The molecule has 0 spiro atoms. The Balaban J connectivity index is 1.75. The van der Waals surface area contributed by atoms with Gasteiger partial charge in [-0.05, 0) is 38.1 Å². The Morgan fingerprint density at radius 3 is 2.54 bits per heavy atom. The first-order chi connectivity index (χ1) is 11.5. The SMILES string of the molecule is CN=C(NCCOc1ccc(Cl)cc1)NCc1c(C)nn(C)c1C. The van der Waals surface area contributed by atoms with Crippen LogP contribution >= 0.6 is 11.6 Å². The molecule has 130 valence electrons. The second-order valence-corrected chi connectivity index (χ2v) is 5.86. The summed E-state index contributed by atoms with van der Waals surface area (Å²) in [6, 6.07) is 7.32. The molecular formula is C17H24ClN5O. The third-order valence-corrected chi connectivity index (χ3v) is 4.04. The highest BCUT2D eigenvalue weighted by Gasteiger charge is 2.09. The average molecular weight is 350 g/mol. The molecule has 1 aromatic heterocycles. The summed E-state index contributed by atoms with van der Waals surface area (Å²) in [5.74, 6) is 1.53. The number of nitrogens with zero attached hydrogens (tertiary/aromatic N) is 3. The molecule has 0 saturated heterocycles. The van der Waals surface area contributed by atoms with Crippen LogP contribution < -0.4 is 15.4 Å². The van der Waals surface area contributed by atoms with E-state index < -0.39 is 0 Å². The minimum atomic E-state index is 0.535. The molecule has 0 aliphatic rings. The molecular weight excluding hydrogens is 326 g/mol. The first-order valence-electron chi connectivity index (χ1n) is 7.83. The summed E-state index contributed by atoms with van der Waals surface area (Å²) >= 11 is 5.84. The van der Waals surface area contributed by atoms with Gasteiger partial charge in [-0.3, -0.25) is 9.67 Å². The van der Waals surface area contributed by atoms with Crippen molar-refractivity contribution in [2.45, 2.75) is 20.4 Å². The molecule has 2 N–H and O–H groups in total. The Kier molecular flexibility index (Phi) is 6.49. The Hall–Kier alpha value is -2.21. The highest BCUT2D eigenvalue weighted by molar-refractivity contribution is 6.30. The van der Waals surface area contributed by atoms with E-state index in [-0.39, 0.29) is 0 Å². The van der Waals surface area contributed by atoms with E-state index in [2.05, 4.69) is 27.6 Å². The molecule has 24 heavy (non-hydrogen) atoms. The Morgan fingerprint density at radius 1 is 1.25 bits per heavy atom. The van der Waals surface area contributed by atoms with Crippen LogP contribution in [0.15, 0.2) is 29.3 Å². The predicted octanol–water partition coefficient (Wildman–Crippen LogP) is 2.43. The van der Waals surface area contributed by atoms with Crippen LogP contribution in [0.2, 0.25) is 5.02 Å². The number of nitrogens with one attached hydrogen (secondary N) is 2. The number of rotatable bonds is 6. The summed E-state index contributed by atoms with van der Waals surface area (Å²) < 4.78 is 7.53. The fraction of sp³-hybridized carbons (Fsp3) is 0.412. The maximum Gasteiger partial charge on any atom is 0.191 e. The van der Waals surface area contributed by atoms with Crippen LogP contribution in [-0.2, 0) is 13.6 Å². The van der Waals surface area contributed by atoms with Gasteiger partial charge in [0.1, 0.15) is 12.4 Å². The molecule has 0 unspecified atom stereocenters. The number of ether oxygens (including phenoxy) is 1. The molecule has 2 aromatic rings. The monoisotopic (exact) mass is 349 g/mol. The summed E-state index contributed by atoms with van der Waals surface area (Å²) in [5, 5.41) is 11.6. The Bertz CT molecular complexity index is 694. The van der Waals surface area contributed by atoms with Crippen molar-refractivity contribution in [1.29, 1.82) is 0 Å². The lowest BCUT2D eigenvalue weighted by atomic mass is 10.2. The van der Waals surface area contributed by atoms with Gasteiger partial charge in [0, 0.05) is 36.9 Å². The summed E-state index contributed by atoms with van der Waals surface area (Å²) in [7, 11) is 3.70. The number of hydrogen-bond donors (Lipinski definition) is 2. The van der Waals surface area contributed by atoms with Gasteiger partial charge in [0.05, 0.1) is 12.2 Å². The fourth-order valence-electron chi connectivity index (χ4n) is 2.34. The third-order valence-electron chi connectivity index (χ3n) is 3.79. The zero-order chi connectivity index (χ0) is 17.5. The number of aliphatic imine (C=N–C) groups is 1. The maximum absolute atomic E-state index is 5.84. The molecule has 7 heteroatoms. The molecule has 6 nitrogen and oxygen atoms in total. The van der Waals surface area contributed by atoms with Crippen molar-refractivity contribution >= 4 is 17.6 Å². The second kappa shape index (κ2) is 8.59. The number of hydrogen-bond acceptors (Lipinski definition) is 3. The predicted molar refractivity (Wildman–Crippen MR) is 97.8 cm³/mol. The topological polar surface area (TPSA) is 63.5 Å². The largest absolute Gasteiger partial charge is 0.492 e. The van der Waals surface area contributed by atoms with E-state index in [1.54, 1.807) is 7.05 Å². The third kappa shape index (κ3) is 4.89. The van der Waals surface area contributed by atoms with E-state index >= 15 is 0 Å². The average Bonchev–Trinajstić information content (AvgIpc) is 2.81. The normalized spacial score (nSPS) is 11.5. The molecule has 0 radical (unpaired) electrons. The van der Waals surface area contributed by atoms with Crippen LogP contribution in [0.25, 0.3) is 0 Å². The van der Waals surface area contributed by atoms with E-state index in [0.29, 0.717) is 24.7 Å². The summed E-state index contributed by atoms with van der Waals surface area (Å²) in [5.41, 5.74) is 3.38. The van der Waals surface area contributed by atoms with Gasteiger partial charge in [0.2, 0.25) is 0 Å². The van der Waals surface area contributed by atoms with Crippen LogP contribution in [0.3, 0.4) is 0 Å². The number of benzene rings is 1. The van der Waals surface area contributed by atoms with Gasteiger partial charge in [-0.25, -0.2) is 0 Å². The van der Waals surface area contributed by atoms with Gasteiger partial charge in [0.15, 0.2) is 5.96 Å². The highest BCUT2D eigenvalue weighted by Crippen LogP contribution is 2.15. The molecule has 0 bridgehead atoms. The van der Waals surface area contributed by atoms with Gasteiger partial charge in [-0.2, -0.15) is 5.10 Å². The second-order valence-electron chi connectivity index (χ2n) is 5.43. The van der Waals surface area contributed by atoms with Gasteiger partial charge in [-0.1, -0.05) is 11.6 Å². The maximum atomic E-state index is 5.84. The minimum Gasteiger partial charge on any atom is -0.492 e. The molecule has 0 saturated carbocycles. The standard InChI is InChI=1S/C17H24ClN5O/c1-12-16(13(2)23(4)22-12)11-21-17(19-3)20-9-10-24-15-7-5-14(18)6-8-15/h5-8H,9-11H2,1-4H3,(H2,19,20,21). The van der Waals surface area contributed by atoms with E-state index in [1.165, 1.54) is 5.56 Å². The Labute approximate surface area is 147 Å². The summed E-state index contributed by atoms with van der Waals surface area (Å²) in [4.78, 5) is 4.22. The molecule has 2 rings (SSSR count). The highest BCUT2D eigenvalue weighted by atomic mass is 35.5. The van der Waals surface area contributed by atoms with E-state index in [9.17, 15) is 0 Å². The van der Waals surface area contributed by atoms with E-state index in [1.807, 2.05) is 42.9 Å². The quantitative estimate of drug-likeness (QED) is 0.477. The lowest BCUT2D eigenvalue weighted by molar-refractivity contribution is 0.322. The molecule has 0 atom stereocenters. The van der Waals surface area contributed by atoms with Crippen molar-refractivity contribution in [3.63, 3.8) is 0 Å². The number of halogens is 1. The van der Waals surface area contributed by atoms with Crippen LogP contribution in [0, 0.1) is 13.8 Å². The smallest absolute Gasteiger partial charge is 0.191 e. The van der Waals surface area contributed by atoms with E-state index in [4.69, 9.17) is 16.3 Å². The lowest BCUT2D eigenvalue weighted by Gasteiger charge is -2.13. The molecule has 0 aliphatic heterocycles. The summed E-state index contributed by atoms with van der Waals surface area (Å²) in [6.07, 6.45) is 0. The van der Waals surface area contributed by atoms with E-state index in [0.717, 1.165) is 23.1 Å². The van der Waals surface area contributed by atoms with Gasteiger partial charge in [-0.15, -0.1) is 0 Å². The zero-order valence-electron chi connectivity index (χ0n) is 14.6. The molecule has 0 aliphatic carbocycles. The van der Waals surface area contributed by atoms with Crippen LogP contribution in [-0.4, -0.2) is 35.9 Å². The van der Waals surface area contributed by atoms with Crippen molar-refractivity contribution in [2.75, 3.05) is 20.2 Å². The number of aryl methyl sites for hydroxylation is 2. The molecule has 0 amide bonds. The number of aromatic nitrogens is 2. The minimum absolute atomic E-state index is 0.535. The lowest BCUT2D eigenvalue weighted by Crippen LogP contribution is -2.39. The molecule has 1 aromatic carbocycles. The summed E-state index contributed by atoms with van der Waals surface area (Å²) in [6.45, 7) is 5.94. The Morgan fingerprint density at radius 2 is 1.96 bits per heavy atom. The van der Waals surface area contributed by atoms with Gasteiger partial charge < -0.3 is 15.4 Å². The fourth-order valence-corrected chi connectivity index (χ4v) is 2.46. The zero-order valence-corrected chi connectivity index (χ0v) is 15.3. The first kappa shape index (κ1) is 18.1. The van der Waals surface area contributed by atoms with Gasteiger partial charge in [0.25, 0.3) is 0 Å². The number of guanidine groups is 1. The van der Waals surface area contributed by atoms with Crippen LogP contribution in [0.4, 0.5) is 0 Å². The van der Waals surface area contributed by atoms with Crippen molar-refractivity contribution in [2.24, 2.45) is 12.0 Å². The first-order valence-corrected chi connectivity index (χ1v) is 8.21. The molecule has 0 fully saturated rings. The van der Waals surface area contributed by atoms with Crippen molar-refractivity contribution in [3.8, 4) is 5.75 Å². The van der Waals surface area contributed by atoms with Crippen molar-refractivity contribution < 1.29 is 4.74 Å².